The minimum atomic E-state index is -0.107. The van der Waals surface area contributed by atoms with Crippen LogP contribution in [0.1, 0.15) is 15.9 Å². The minimum absolute atomic E-state index is 0.107. The molecular weight excluding hydrogens is 280 g/mol. The molecule has 1 amide bonds. The smallest absolute Gasteiger partial charge is 0.254 e. The van der Waals surface area contributed by atoms with Crippen LogP contribution in [0.25, 0.3) is 0 Å². The van der Waals surface area contributed by atoms with E-state index in [0.29, 0.717) is 12.1 Å². The number of nitrogens with zero attached hydrogens (tertiary/aromatic N) is 3. The van der Waals surface area contributed by atoms with Crippen LogP contribution in [0.2, 0.25) is 0 Å². The van der Waals surface area contributed by atoms with Gasteiger partial charge in [0.2, 0.25) is 0 Å². The highest BCUT2D eigenvalue weighted by Gasteiger charge is 2.15. The molecule has 116 valence electrons. The van der Waals surface area contributed by atoms with Crippen molar-refractivity contribution in [3.8, 4) is 0 Å². The molecule has 1 aromatic carbocycles. The van der Waals surface area contributed by atoms with Crippen LogP contribution in [0.4, 0.5) is 5.69 Å². The molecule has 3 rings (SSSR count). The van der Waals surface area contributed by atoms with Crippen LogP contribution in [-0.4, -0.2) is 42.0 Å². The van der Waals surface area contributed by atoms with Crippen molar-refractivity contribution in [2.45, 2.75) is 6.54 Å². The van der Waals surface area contributed by atoms with E-state index >= 15 is 0 Å². The van der Waals surface area contributed by atoms with E-state index in [9.17, 15) is 4.79 Å². The lowest BCUT2D eigenvalue weighted by Crippen LogP contribution is -2.37. The lowest BCUT2D eigenvalue weighted by molar-refractivity contribution is 0.0950. The predicted molar refractivity (Wildman–Crippen MR) is 83.9 cm³/mol. The average molecular weight is 300 g/mol. The van der Waals surface area contributed by atoms with E-state index in [1.165, 1.54) is 0 Å². The summed E-state index contributed by atoms with van der Waals surface area (Å²) < 4.78 is 7.02. The van der Waals surface area contributed by atoms with Crippen molar-refractivity contribution in [3.05, 3.63) is 47.8 Å². The Morgan fingerprint density at radius 2 is 2.09 bits per heavy atom. The number of hydrogen-bond donors (Lipinski definition) is 1. The van der Waals surface area contributed by atoms with E-state index < -0.39 is 0 Å². The Kier molecular flexibility index (Phi) is 4.39. The van der Waals surface area contributed by atoms with E-state index in [4.69, 9.17) is 4.74 Å². The summed E-state index contributed by atoms with van der Waals surface area (Å²) in [6, 6.07) is 8.16. The van der Waals surface area contributed by atoms with E-state index in [-0.39, 0.29) is 5.91 Å². The maximum absolute atomic E-state index is 12.1. The number of carbonyl (C=O) groups excluding carboxylic acids is 1. The minimum Gasteiger partial charge on any atom is -0.378 e. The molecule has 0 unspecified atom stereocenters. The quantitative estimate of drug-likeness (QED) is 0.921. The molecular formula is C16H20N4O2. The van der Waals surface area contributed by atoms with Crippen LogP contribution >= 0.6 is 0 Å². The summed E-state index contributed by atoms with van der Waals surface area (Å²) in [6.45, 7) is 3.76. The van der Waals surface area contributed by atoms with Crippen LogP contribution in [0, 0.1) is 0 Å². The standard InChI is InChI=1S/C16H20N4O2/c1-19-12-14(11-18-19)16(21)17-10-13-4-2-3-5-15(13)20-6-8-22-9-7-20/h2-5,11-12H,6-10H2,1H3,(H,17,21). The lowest BCUT2D eigenvalue weighted by atomic mass is 10.1. The maximum Gasteiger partial charge on any atom is 0.254 e. The van der Waals surface area contributed by atoms with Gasteiger partial charge in [0.15, 0.2) is 0 Å². The molecule has 0 saturated carbocycles. The molecule has 1 aliphatic heterocycles. The second kappa shape index (κ2) is 6.62. The predicted octanol–water partition coefficient (Wildman–Crippen LogP) is 1.19. The topological polar surface area (TPSA) is 59.4 Å². The van der Waals surface area contributed by atoms with Gasteiger partial charge in [-0.2, -0.15) is 5.10 Å². The molecule has 0 spiro atoms. The molecule has 1 aromatic heterocycles. The van der Waals surface area contributed by atoms with Gasteiger partial charge >= 0.3 is 0 Å². The molecule has 1 N–H and O–H groups in total. The van der Waals surface area contributed by atoms with Gasteiger partial charge in [-0.3, -0.25) is 9.48 Å². The number of ether oxygens (including phenoxy) is 1. The first-order valence-corrected chi connectivity index (χ1v) is 7.41. The van der Waals surface area contributed by atoms with Crippen molar-refractivity contribution in [1.29, 1.82) is 0 Å². The lowest BCUT2D eigenvalue weighted by Gasteiger charge is -2.30. The molecule has 2 aromatic rings. The maximum atomic E-state index is 12.1. The Morgan fingerprint density at radius 3 is 2.82 bits per heavy atom. The number of aromatic nitrogens is 2. The number of carbonyl (C=O) groups is 1. The van der Waals surface area contributed by atoms with Gasteiger partial charge in [0.25, 0.3) is 5.91 Å². The average Bonchev–Trinajstić information content (AvgIpc) is 3.00. The molecule has 1 saturated heterocycles. The van der Waals surface area contributed by atoms with E-state index in [1.54, 1.807) is 24.1 Å². The first-order chi connectivity index (χ1) is 10.7. The normalized spacial score (nSPS) is 14.9. The van der Waals surface area contributed by atoms with Crippen LogP contribution in [-0.2, 0) is 18.3 Å². The summed E-state index contributed by atoms with van der Waals surface area (Å²) in [5.41, 5.74) is 2.85. The second-order valence-electron chi connectivity index (χ2n) is 5.31. The molecule has 1 aliphatic rings. The van der Waals surface area contributed by atoms with Gasteiger partial charge < -0.3 is 15.0 Å². The fourth-order valence-corrected chi connectivity index (χ4v) is 2.59. The largest absolute Gasteiger partial charge is 0.378 e. The van der Waals surface area contributed by atoms with Crippen molar-refractivity contribution < 1.29 is 9.53 Å². The third kappa shape index (κ3) is 3.28. The summed E-state index contributed by atoms with van der Waals surface area (Å²) in [5, 5.41) is 6.98. The highest BCUT2D eigenvalue weighted by atomic mass is 16.5. The Hall–Kier alpha value is -2.34. The number of morpholine rings is 1. The van der Waals surface area contributed by atoms with E-state index in [2.05, 4.69) is 21.4 Å². The monoisotopic (exact) mass is 300 g/mol. The molecule has 1 fully saturated rings. The van der Waals surface area contributed by atoms with Crippen molar-refractivity contribution in [2.24, 2.45) is 7.05 Å². The third-order valence-corrected chi connectivity index (χ3v) is 3.75. The first-order valence-electron chi connectivity index (χ1n) is 7.41. The van der Waals surface area contributed by atoms with Gasteiger partial charge in [-0.1, -0.05) is 18.2 Å². The van der Waals surface area contributed by atoms with Crippen molar-refractivity contribution >= 4 is 11.6 Å². The number of hydrogen-bond acceptors (Lipinski definition) is 4. The van der Waals surface area contributed by atoms with Crippen molar-refractivity contribution in [3.63, 3.8) is 0 Å². The van der Waals surface area contributed by atoms with Crippen LogP contribution < -0.4 is 10.2 Å². The van der Waals surface area contributed by atoms with Gasteiger partial charge in [0.05, 0.1) is 25.0 Å². The molecule has 0 radical (unpaired) electrons. The van der Waals surface area contributed by atoms with E-state index in [1.807, 2.05) is 18.2 Å². The zero-order valence-electron chi connectivity index (χ0n) is 12.7. The number of anilines is 1. The molecule has 6 heteroatoms. The summed E-state index contributed by atoms with van der Waals surface area (Å²) >= 11 is 0. The van der Waals surface area contributed by atoms with Crippen molar-refractivity contribution in [2.75, 3.05) is 31.2 Å². The number of nitrogens with one attached hydrogen (secondary N) is 1. The number of aryl methyl sites for hydroxylation is 1. The Morgan fingerprint density at radius 1 is 1.32 bits per heavy atom. The SMILES string of the molecule is Cn1cc(C(=O)NCc2ccccc2N2CCOCC2)cn1. The number of amides is 1. The van der Waals surface area contributed by atoms with Crippen molar-refractivity contribution in [1.82, 2.24) is 15.1 Å². The molecule has 0 atom stereocenters. The highest BCUT2D eigenvalue weighted by Crippen LogP contribution is 2.21. The molecule has 2 heterocycles. The number of benzene rings is 1. The van der Waals surface area contributed by atoms with Gasteiger partial charge in [0, 0.05) is 38.6 Å². The fourth-order valence-electron chi connectivity index (χ4n) is 2.59. The third-order valence-electron chi connectivity index (χ3n) is 3.75. The molecule has 0 aliphatic carbocycles. The molecule has 6 nitrogen and oxygen atoms in total. The Labute approximate surface area is 129 Å². The van der Waals surface area contributed by atoms with Crippen LogP contribution in [0.15, 0.2) is 36.7 Å². The summed E-state index contributed by atoms with van der Waals surface area (Å²) in [4.78, 5) is 14.4. The van der Waals surface area contributed by atoms with Crippen LogP contribution in [0.3, 0.4) is 0 Å². The summed E-state index contributed by atoms with van der Waals surface area (Å²) in [5.74, 6) is -0.107. The zero-order valence-corrected chi connectivity index (χ0v) is 12.7. The van der Waals surface area contributed by atoms with Crippen LogP contribution in [0.5, 0.6) is 0 Å². The fraction of sp³-hybridized carbons (Fsp3) is 0.375. The molecule has 0 bridgehead atoms. The van der Waals surface area contributed by atoms with Gasteiger partial charge in [0.1, 0.15) is 0 Å². The van der Waals surface area contributed by atoms with Gasteiger partial charge in [-0.15, -0.1) is 0 Å². The van der Waals surface area contributed by atoms with E-state index in [0.717, 1.165) is 37.6 Å². The molecule has 22 heavy (non-hydrogen) atoms. The number of rotatable bonds is 4. The second-order valence-corrected chi connectivity index (χ2v) is 5.31. The Balaban J connectivity index is 1.68. The Bertz CT molecular complexity index is 647. The van der Waals surface area contributed by atoms with Gasteiger partial charge in [-0.25, -0.2) is 0 Å². The first kappa shape index (κ1) is 14.6. The summed E-state index contributed by atoms with van der Waals surface area (Å²) in [7, 11) is 1.80. The van der Waals surface area contributed by atoms with Gasteiger partial charge in [-0.05, 0) is 11.6 Å². The zero-order chi connectivity index (χ0) is 15.4. The summed E-state index contributed by atoms with van der Waals surface area (Å²) in [6.07, 6.45) is 3.28. The number of para-hydroxylation sites is 1. The highest BCUT2D eigenvalue weighted by molar-refractivity contribution is 5.93.